The molecule has 1 saturated carbocycles. The molecule has 0 bridgehead atoms. The molecule has 1 atom stereocenters. The van der Waals surface area contributed by atoms with Gasteiger partial charge in [0.25, 0.3) is 5.91 Å². The minimum absolute atomic E-state index is 0.0152. The molecule has 0 saturated heterocycles. The first-order valence-corrected chi connectivity index (χ1v) is 9.74. The largest absolute Gasteiger partial charge is 0.508 e. The fraction of sp³-hybridized carbons (Fsp3) is 0.273. The average Bonchev–Trinajstić information content (AvgIpc) is 2.90. The van der Waals surface area contributed by atoms with E-state index in [4.69, 9.17) is 11.6 Å². The third-order valence-corrected chi connectivity index (χ3v) is 6.11. The highest BCUT2D eigenvalue weighted by Crippen LogP contribution is 2.44. The van der Waals surface area contributed by atoms with Crippen LogP contribution in [0, 0.1) is 18.7 Å². The number of rotatable bonds is 4. The maximum atomic E-state index is 13.9. The Morgan fingerprint density at radius 3 is 2.52 bits per heavy atom. The Morgan fingerprint density at radius 1 is 1.21 bits per heavy atom. The number of halogens is 2. The van der Waals surface area contributed by atoms with Crippen molar-refractivity contribution in [2.24, 2.45) is 5.92 Å². The number of nitrogens with zero attached hydrogens (tertiary/aromatic N) is 1. The van der Waals surface area contributed by atoms with E-state index in [0.29, 0.717) is 22.2 Å². The minimum Gasteiger partial charge on any atom is -0.508 e. The van der Waals surface area contributed by atoms with Crippen LogP contribution in [-0.4, -0.2) is 26.7 Å². The number of phenols is 1. The predicted octanol–water partition coefficient (Wildman–Crippen LogP) is 5.10. The van der Waals surface area contributed by atoms with E-state index >= 15 is 0 Å². The van der Waals surface area contributed by atoms with Crippen LogP contribution in [0.15, 0.2) is 36.4 Å². The Morgan fingerprint density at radius 2 is 1.93 bits per heavy atom. The fourth-order valence-electron chi connectivity index (χ4n) is 4.18. The van der Waals surface area contributed by atoms with Gasteiger partial charge in [-0.15, -0.1) is 0 Å². The molecule has 29 heavy (non-hydrogen) atoms. The van der Waals surface area contributed by atoms with Crippen molar-refractivity contribution < 1.29 is 24.2 Å². The summed E-state index contributed by atoms with van der Waals surface area (Å²) in [5.41, 5.74) is 1.57. The first-order chi connectivity index (χ1) is 13.8. The van der Waals surface area contributed by atoms with E-state index in [2.05, 4.69) is 0 Å². The van der Waals surface area contributed by atoms with E-state index in [1.165, 1.54) is 28.8 Å². The predicted molar refractivity (Wildman–Crippen MR) is 107 cm³/mol. The van der Waals surface area contributed by atoms with Crippen molar-refractivity contribution in [2.75, 3.05) is 0 Å². The Kier molecular flexibility index (Phi) is 4.82. The molecule has 1 aliphatic rings. The van der Waals surface area contributed by atoms with Crippen molar-refractivity contribution in [3.8, 4) is 5.75 Å². The number of benzene rings is 2. The number of carboxylic acid groups (broad SMARTS) is 1. The molecule has 2 aromatic carbocycles. The van der Waals surface area contributed by atoms with Crippen LogP contribution in [0.4, 0.5) is 4.39 Å². The molecule has 0 spiro atoms. The zero-order chi connectivity index (χ0) is 20.9. The van der Waals surface area contributed by atoms with Gasteiger partial charge in [-0.05, 0) is 67.6 Å². The topological polar surface area (TPSA) is 79.5 Å². The van der Waals surface area contributed by atoms with Crippen LogP contribution in [0.3, 0.4) is 0 Å². The monoisotopic (exact) mass is 415 g/mol. The number of hydrogen-bond donors (Lipinski definition) is 2. The molecule has 0 radical (unpaired) electrons. The molecule has 1 unspecified atom stereocenters. The lowest BCUT2D eigenvalue weighted by Gasteiger charge is -2.31. The van der Waals surface area contributed by atoms with Gasteiger partial charge in [-0.25, -0.2) is 4.39 Å². The van der Waals surface area contributed by atoms with Gasteiger partial charge in [0.1, 0.15) is 11.6 Å². The van der Waals surface area contributed by atoms with Gasteiger partial charge in [0, 0.05) is 16.6 Å². The molecule has 1 aromatic heterocycles. The molecule has 150 valence electrons. The summed E-state index contributed by atoms with van der Waals surface area (Å²) in [7, 11) is 0. The van der Waals surface area contributed by atoms with E-state index in [0.717, 1.165) is 25.3 Å². The summed E-state index contributed by atoms with van der Waals surface area (Å²) in [5.74, 6) is -2.95. The minimum atomic E-state index is -0.954. The summed E-state index contributed by atoms with van der Waals surface area (Å²) in [6, 6.07) is 8.31. The lowest BCUT2D eigenvalue weighted by Crippen LogP contribution is -2.27. The van der Waals surface area contributed by atoms with Gasteiger partial charge in [0.05, 0.1) is 16.5 Å². The Balaban J connectivity index is 1.95. The van der Waals surface area contributed by atoms with Gasteiger partial charge >= 0.3 is 5.97 Å². The number of carboxylic acids is 1. The number of carbonyl (C=O) groups is 2. The summed E-state index contributed by atoms with van der Waals surface area (Å²) >= 11 is 5.73. The Bertz CT molecular complexity index is 1150. The molecule has 2 N–H and O–H groups in total. The van der Waals surface area contributed by atoms with Crippen molar-refractivity contribution in [2.45, 2.75) is 32.1 Å². The van der Waals surface area contributed by atoms with E-state index < -0.39 is 23.6 Å². The molecule has 1 heterocycles. The number of fused-ring (bicyclic) bond motifs is 1. The summed E-state index contributed by atoms with van der Waals surface area (Å²) in [5, 5.41) is 20.4. The maximum Gasteiger partial charge on any atom is 0.311 e. The highest BCUT2D eigenvalue weighted by molar-refractivity contribution is 6.30. The van der Waals surface area contributed by atoms with E-state index in [-0.39, 0.29) is 22.3 Å². The van der Waals surface area contributed by atoms with Crippen molar-refractivity contribution in [3.05, 3.63) is 64.1 Å². The standard InChI is InChI=1S/C22H19ClFNO4/c1-11-19(20(22(28)29)12-3-2-4-12)15-10-14(26)6-8-18(15)25(11)21(27)13-5-7-16(23)17(24)9-13/h5-10,12,20,26H,2-4H2,1H3,(H,28,29). The van der Waals surface area contributed by atoms with Crippen LogP contribution in [0.2, 0.25) is 5.02 Å². The molecule has 0 amide bonds. The lowest BCUT2D eigenvalue weighted by molar-refractivity contribution is -0.141. The third kappa shape index (κ3) is 3.17. The summed E-state index contributed by atoms with van der Waals surface area (Å²) in [4.78, 5) is 25.4. The highest BCUT2D eigenvalue weighted by Gasteiger charge is 2.38. The van der Waals surface area contributed by atoms with Gasteiger partial charge in [0.2, 0.25) is 0 Å². The van der Waals surface area contributed by atoms with Crippen molar-refractivity contribution in [1.82, 2.24) is 4.57 Å². The van der Waals surface area contributed by atoms with Gasteiger partial charge in [-0.1, -0.05) is 18.0 Å². The van der Waals surface area contributed by atoms with Crippen LogP contribution in [0.1, 0.15) is 46.8 Å². The van der Waals surface area contributed by atoms with Crippen molar-refractivity contribution in [3.63, 3.8) is 0 Å². The second-order valence-corrected chi connectivity index (χ2v) is 7.88. The molecule has 4 rings (SSSR count). The van der Waals surface area contributed by atoms with Crippen LogP contribution < -0.4 is 0 Å². The Labute approximate surface area is 171 Å². The molecule has 7 heteroatoms. The van der Waals surface area contributed by atoms with Crippen LogP contribution >= 0.6 is 11.6 Å². The highest BCUT2D eigenvalue weighted by atomic mass is 35.5. The van der Waals surface area contributed by atoms with E-state index in [1.54, 1.807) is 13.0 Å². The first-order valence-electron chi connectivity index (χ1n) is 9.36. The second kappa shape index (κ2) is 7.19. The molecular formula is C22H19ClFNO4. The summed E-state index contributed by atoms with van der Waals surface area (Å²) < 4.78 is 15.3. The van der Waals surface area contributed by atoms with Gasteiger partial charge in [0.15, 0.2) is 0 Å². The zero-order valence-electron chi connectivity index (χ0n) is 15.7. The zero-order valence-corrected chi connectivity index (χ0v) is 16.4. The SMILES string of the molecule is Cc1c(C(C(=O)O)C2CCC2)c2cc(O)ccc2n1C(=O)c1ccc(Cl)c(F)c1. The lowest BCUT2D eigenvalue weighted by atomic mass is 9.72. The second-order valence-electron chi connectivity index (χ2n) is 7.48. The molecule has 1 aliphatic carbocycles. The van der Waals surface area contributed by atoms with Crippen LogP contribution in [0.5, 0.6) is 5.75 Å². The van der Waals surface area contributed by atoms with Gasteiger partial charge in [-0.3, -0.25) is 14.2 Å². The number of phenolic OH excluding ortho intramolecular Hbond substituents is 1. The Hall–Kier alpha value is -2.86. The van der Waals surface area contributed by atoms with E-state index in [1.807, 2.05) is 0 Å². The molecular weight excluding hydrogens is 397 g/mol. The van der Waals surface area contributed by atoms with Crippen LogP contribution in [-0.2, 0) is 4.79 Å². The number of aromatic nitrogens is 1. The fourth-order valence-corrected chi connectivity index (χ4v) is 4.29. The average molecular weight is 416 g/mol. The van der Waals surface area contributed by atoms with Gasteiger partial charge in [-0.2, -0.15) is 0 Å². The molecule has 5 nitrogen and oxygen atoms in total. The van der Waals surface area contributed by atoms with Gasteiger partial charge < -0.3 is 10.2 Å². The number of carbonyl (C=O) groups excluding carboxylic acids is 1. The summed E-state index contributed by atoms with van der Waals surface area (Å²) in [6.45, 7) is 1.69. The third-order valence-electron chi connectivity index (χ3n) is 5.80. The normalized spacial score (nSPS) is 15.3. The molecule has 0 aliphatic heterocycles. The van der Waals surface area contributed by atoms with Crippen molar-refractivity contribution in [1.29, 1.82) is 0 Å². The smallest absolute Gasteiger partial charge is 0.311 e. The van der Waals surface area contributed by atoms with Crippen LogP contribution in [0.25, 0.3) is 10.9 Å². The first kappa shape index (κ1) is 19.5. The number of aliphatic carboxylic acids is 1. The van der Waals surface area contributed by atoms with Crippen molar-refractivity contribution >= 4 is 34.4 Å². The number of hydrogen-bond acceptors (Lipinski definition) is 3. The summed E-state index contributed by atoms with van der Waals surface area (Å²) in [6.07, 6.45) is 2.58. The molecule has 1 fully saturated rings. The maximum absolute atomic E-state index is 13.9. The van der Waals surface area contributed by atoms with E-state index in [9.17, 15) is 24.2 Å². The molecule has 3 aromatic rings. The quantitative estimate of drug-likeness (QED) is 0.621. The number of aromatic hydroxyl groups is 1.